The summed E-state index contributed by atoms with van der Waals surface area (Å²) in [6.45, 7) is 6.91. The minimum Gasteiger partial charge on any atom is -0.477 e. The molecule has 0 unspecified atom stereocenters. The largest absolute Gasteiger partial charge is 0.477 e. The van der Waals surface area contributed by atoms with E-state index in [-0.39, 0.29) is 5.39 Å². The Bertz CT molecular complexity index is 1610. The van der Waals surface area contributed by atoms with E-state index < -0.39 is 22.8 Å². The van der Waals surface area contributed by atoms with Gasteiger partial charge in [0.1, 0.15) is 11.4 Å². The van der Waals surface area contributed by atoms with Gasteiger partial charge in [-0.25, -0.2) is 19.2 Å². The van der Waals surface area contributed by atoms with Crippen LogP contribution in [0.2, 0.25) is 0 Å². The second kappa shape index (κ2) is 10.6. The summed E-state index contributed by atoms with van der Waals surface area (Å²) >= 11 is 0. The van der Waals surface area contributed by atoms with Gasteiger partial charge in [-0.05, 0) is 57.1 Å². The molecule has 1 N–H and O–H groups in total. The smallest absolute Gasteiger partial charge is 0.341 e. The predicted octanol–water partition coefficient (Wildman–Crippen LogP) is 3.24. The molecular formula is C29H30FN7O3. The number of hydrogen-bond donors (Lipinski definition) is 1. The van der Waals surface area contributed by atoms with Crippen LogP contribution in [0.4, 0.5) is 16.0 Å². The minimum absolute atomic E-state index is 0.0242. The quantitative estimate of drug-likeness (QED) is 0.392. The van der Waals surface area contributed by atoms with Gasteiger partial charge in [-0.3, -0.25) is 14.7 Å². The molecule has 40 heavy (non-hydrogen) atoms. The number of halogens is 1. The first kappa shape index (κ1) is 25.9. The Kier molecular flexibility index (Phi) is 6.89. The maximum atomic E-state index is 15.7. The number of benzene rings is 1. The predicted molar refractivity (Wildman–Crippen MR) is 150 cm³/mol. The number of piperazine rings is 1. The molecule has 6 rings (SSSR count). The van der Waals surface area contributed by atoms with E-state index in [9.17, 15) is 14.7 Å². The van der Waals surface area contributed by atoms with Crippen LogP contribution in [0.3, 0.4) is 0 Å². The van der Waals surface area contributed by atoms with E-state index in [0.717, 1.165) is 25.3 Å². The van der Waals surface area contributed by atoms with Crippen LogP contribution in [0.25, 0.3) is 16.6 Å². The molecule has 1 aromatic carbocycles. The molecule has 2 fully saturated rings. The number of carbonyl (C=O) groups is 1. The molecule has 0 spiro atoms. The van der Waals surface area contributed by atoms with Crippen molar-refractivity contribution in [1.29, 1.82) is 0 Å². The van der Waals surface area contributed by atoms with E-state index in [2.05, 4.69) is 24.8 Å². The minimum atomic E-state index is -1.36. The first-order chi connectivity index (χ1) is 19.4. The number of pyridine rings is 2. The second-order valence-electron chi connectivity index (χ2n) is 10.3. The summed E-state index contributed by atoms with van der Waals surface area (Å²) in [6, 6.07) is 6.72. The summed E-state index contributed by atoms with van der Waals surface area (Å²) in [5.74, 6) is -1.28. The zero-order valence-electron chi connectivity index (χ0n) is 22.3. The van der Waals surface area contributed by atoms with Gasteiger partial charge >= 0.3 is 5.97 Å². The van der Waals surface area contributed by atoms with Gasteiger partial charge in [-0.2, -0.15) is 0 Å². The maximum Gasteiger partial charge on any atom is 0.341 e. The summed E-state index contributed by atoms with van der Waals surface area (Å²) < 4.78 is 17.3. The highest BCUT2D eigenvalue weighted by Gasteiger charge is 2.26. The lowest BCUT2D eigenvalue weighted by Gasteiger charge is -2.37. The van der Waals surface area contributed by atoms with Gasteiger partial charge in [0.2, 0.25) is 11.4 Å². The number of rotatable bonds is 6. The van der Waals surface area contributed by atoms with Gasteiger partial charge < -0.3 is 19.5 Å². The number of anilines is 2. The van der Waals surface area contributed by atoms with Crippen LogP contribution in [0.1, 0.15) is 34.5 Å². The van der Waals surface area contributed by atoms with Gasteiger partial charge in [0, 0.05) is 56.9 Å². The molecule has 4 aromatic rings. The number of nitrogens with zero attached hydrogens (tertiary/aromatic N) is 7. The average molecular weight is 544 g/mol. The summed E-state index contributed by atoms with van der Waals surface area (Å²) in [7, 11) is 0. The topological polar surface area (TPSA) is 108 Å². The van der Waals surface area contributed by atoms with Crippen LogP contribution in [-0.2, 0) is 6.54 Å². The second-order valence-corrected chi connectivity index (χ2v) is 10.3. The molecule has 5 heterocycles. The van der Waals surface area contributed by atoms with E-state index >= 15 is 4.39 Å². The number of aromatic carboxylic acids is 1. The molecule has 0 aliphatic carbocycles. The normalized spacial score (nSPS) is 16.1. The summed E-state index contributed by atoms with van der Waals surface area (Å²) in [6.07, 6.45) is 8.77. The third-order valence-corrected chi connectivity index (χ3v) is 7.78. The Morgan fingerprint density at radius 2 is 1.70 bits per heavy atom. The molecular weight excluding hydrogens is 513 g/mol. The van der Waals surface area contributed by atoms with Crippen molar-refractivity contribution in [1.82, 2.24) is 24.4 Å². The number of likely N-dealkylation sites (tertiary alicyclic amines) is 1. The van der Waals surface area contributed by atoms with Gasteiger partial charge in [-0.15, -0.1) is 0 Å². The average Bonchev–Trinajstić information content (AvgIpc) is 3.48. The van der Waals surface area contributed by atoms with E-state index in [4.69, 9.17) is 0 Å². The number of carboxylic acid groups (broad SMARTS) is 1. The van der Waals surface area contributed by atoms with Crippen molar-refractivity contribution in [2.45, 2.75) is 26.3 Å². The molecule has 0 saturated carbocycles. The van der Waals surface area contributed by atoms with Crippen molar-refractivity contribution in [2.75, 3.05) is 49.1 Å². The zero-order chi connectivity index (χ0) is 27.8. The van der Waals surface area contributed by atoms with Gasteiger partial charge in [0.05, 0.1) is 34.2 Å². The van der Waals surface area contributed by atoms with Crippen molar-refractivity contribution in [2.24, 2.45) is 0 Å². The summed E-state index contributed by atoms with van der Waals surface area (Å²) in [5, 5.41) is 9.79. The number of fused-ring (bicyclic) bond motifs is 1. The Hall–Kier alpha value is -4.38. The fourth-order valence-electron chi connectivity index (χ4n) is 5.79. The molecule has 2 saturated heterocycles. The Balaban J connectivity index is 1.40. The van der Waals surface area contributed by atoms with Crippen molar-refractivity contribution in [3.63, 3.8) is 0 Å². The highest BCUT2D eigenvalue weighted by Crippen LogP contribution is 2.33. The molecule has 10 nitrogen and oxygen atoms in total. The number of carboxylic acids is 1. The molecule has 2 aliphatic heterocycles. The summed E-state index contributed by atoms with van der Waals surface area (Å²) in [4.78, 5) is 44.8. The number of aryl methyl sites for hydroxylation is 1. The van der Waals surface area contributed by atoms with Crippen LogP contribution in [0.5, 0.6) is 0 Å². The first-order valence-corrected chi connectivity index (χ1v) is 13.5. The third-order valence-electron chi connectivity index (χ3n) is 7.78. The lowest BCUT2D eigenvalue weighted by atomic mass is 10.0. The standard InChI is InChI=1S/C29H30FN7O3/c1-19-25-22(15-24(30)26(19)35-11-13-36(14-12-35)29-31-7-4-8-32-29)27(38)23(28(39)40)18-37(25)21-6-5-20(33-16-21)17-34-9-2-3-10-34/h4-8,15-16,18H,2-3,9-14,17H2,1H3,(H,39,40). The van der Waals surface area contributed by atoms with Gasteiger partial charge in [0.25, 0.3) is 0 Å². The number of aromatic nitrogens is 4. The van der Waals surface area contributed by atoms with Crippen molar-refractivity contribution in [3.05, 3.63) is 81.9 Å². The zero-order valence-corrected chi connectivity index (χ0v) is 22.3. The lowest BCUT2D eigenvalue weighted by molar-refractivity contribution is 0.0695. The highest BCUT2D eigenvalue weighted by atomic mass is 19.1. The molecule has 0 bridgehead atoms. The van der Waals surface area contributed by atoms with Crippen molar-refractivity contribution in [3.8, 4) is 5.69 Å². The molecule has 0 amide bonds. The van der Waals surface area contributed by atoms with Gasteiger partial charge in [-0.1, -0.05) is 0 Å². The van der Waals surface area contributed by atoms with Crippen LogP contribution in [0, 0.1) is 12.7 Å². The monoisotopic (exact) mass is 543 g/mol. The van der Waals surface area contributed by atoms with Gasteiger partial charge in [0.15, 0.2) is 0 Å². The van der Waals surface area contributed by atoms with Crippen LogP contribution < -0.4 is 15.2 Å². The highest BCUT2D eigenvalue weighted by molar-refractivity contribution is 5.96. The molecule has 2 aliphatic rings. The van der Waals surface area contributed by atoms with E-state index in [1.165, 1.54) is 25.1 Å². The molecule has 3 aromatic heterocycles. The maximum absolute atomic E-state index is 15.7. The first-order valence-electron chi connectivity index (χ1n) is 13.5. The van der Waals surface area contributed by atoms with E-state index in [0.29, 0.717) is 54.6 Å². The fourth-order valence-corrected chi connectivity index (χ4v) is 5.79. The third kappa shape index (κ3) is 4.77. The SMILES string of the molecule is Cc1c(N2CCN(c3ncccn3)CC2)c(F)cc2c(=O)c(C(=O)O)cn(-c3ccc(CN4CCCC4)nc3)c12. The van der Waals surface area contributed by atoms with Crippen LogP contribution >= 0.6 is 0 Å². The Morgan fingerprint density at radius 3 is 2.35 bits per heavy atom. The lowest BCUT2D eigenvalue weighted by Crippen LogP contribution is -2.47. The van der Waals surface area contributed by atoms with Crippen molar-refractivity contribution < 1.29 is 14.3 Å². The number of hydrogen-bond acceptors (Lipinski definition) is 8. The molecule has 11 heteroatoms. The van der Waals surface area contributed by atoms with E-state index in [1.807, 2.05) is 17.0 Å². The summed E-state index contributed by atoms with van der Waals surface area (Å²) in [5.41, 5.74) is 1.82. The van der Waals surface area contributed by atoms with E-state index in [1.54, 1.807) is 36.1 Å². The fraction of sp³-hybridized carbons (Fsp3) is 0.345. The Labute approximate surface area is 230 Å². The molecule has 0 atom stereocenters. The Morgan fingerprint density at radius 1 is 1.00 bits per heavy atom. The molecule has 0 radical (unpaired) electrons. The van der Waals surface area contributed by atoms with Crippen LogP contribution in [0.15, 0.2) is 53.8 Å². The molecule has 206 valence electrons. The van der Waals surface area contributed by atoms with Crippen molar-refractivity contribution >= 4 is 28.5 Å². The van der Waals surface area contributed by atoms with Crippen LogP contribution in [-0.4, -0.2) is 74.8 Å².